The Labute approximate surface area is 89.1 Å². The number of piperidine rings is 1. The molecule has 0 radical (unpaired) electrons. The van der Waals surface area contributed by atoms with Crippen LogP contribution in [-0.4, -0.2) is 37.1 Å². The Kier molecular flexibility index (Phi) is 3.96. The van der Waals surface area contributed by atoms with E-state index >= 15 is 0 Å². The minimum atomic E-state index is 0.371. The van der Waals surface area contributed by atoms with Gasteiger partial charge < -0.3 is 10.2 Å². The summed E-state index contributed by atoms with van der Waals surface area (Å²) in [6.45, 7) is 11.7. The Morgan fingerprint density at radius 3 is 2.50 bits per heavy atom. The van der Waals surface area contributed by atoms with E-state index in [1.165, 1.54) is 25.9 Å². The van der Waals surface area contributed by atoms with E-state index in [9.17, 15) is 0 Å². The monoisotopic (exact) mass is 198 g/mol. The zero-order chi connectivity index (χ0) is 10.8. The highest BCUT2D eigenvalue weighted by molar-refractivity contribution is 4.83. The molecule has 2 unspecified atom stereocenters. The molecule has 0 aromatic heterocycles. The highest BCUT2D eigenvalue weighted by atomic mass is 15.1. The van der Waals surface area contributed by atoms with Gasteiger partial charge in [-0.1, -0.05) is 20.8 Å². The van der Waals surface area contributed by atoms with Crippen LogP contribution in [0, 0.1) is 5.41 Å². The van der Waals surface area contributed by atoms with Gasteiger partial charge in [0.2, 0.25) is 0 Å². The fraction of sp³-hybridized carbons (Fsp3) is 1.00. The molecule has 1 N–H and O–H groups in total. The standard InChI is InChI=1S/C12H26N2/c1-10(12(2,3)4)13-11-7-6-8-14(5)9-11/h10-11,13H,6-9H2,1-5H3. The van der Waals surface area contributed by atoms with Crippen molar-refractivity contribution in [2.75, 3.05) is 20.1 Å². The SMILES string of the molecule is CC(NC1CCCN(C)C1)C(C)(C)C. The molecule has 1 aliphatic rings. The first-order chi connectivity index (χ1) is 6.39. The van der Waals surface area contributed by atoms with Crippen molar-refractivity contribution in [2.24, 2.45) is 5.41 Å². The maximum absolute atomic E-state index is 3.75. The molecule has 84 valence electrons. The van der Waals surface area contributed by atoms with Crippen LogP contribution in [0.25, 0.3) is 0 Å². The fourth-order valence-electron chi connectivity index (χ4n) is 1.91. The summed E-state index contributed by atoms with van der Waals surface area (Å²) in [7, 11) is 2.22. The molecule has 2 heteroatoms. The Morgan fingerprint density at radius 1 is 1.36 bits per heavy atom. The molecule has 1 fully saturated rings. The van der Waals surface area contributed by atoms with Crippen LogP contribution in [0.2, 0.25) is 0 Å². The van der Waals surface area contributed by atoms with Gasteiger partial charge in [-0.25, -0.2) is 0 Å². The van der Waals surface area contributed by atoms with E-state index < -0.39 is 0 Å². The molecule has 0 aliphatic carbocycles. The Hall–Kier alpha value is -0.0800. The van der Waals surface area contributed by atoms with Crippen molar-refractivity contribution in [1.29, 1.82) is 0 Å². The fourth-order valence-corrected chi connectivity index (χ4v) is 1.91. The van der Waals surface area contributed by atoms with Crippen molar-refractivity contribution in [2.45, 2.75) is 52.6 Å². The van der Waals surface area contributed by atoms with Gasteiger partial charge in [-0.3, -0.25) is 0 Å². The topological polar surface area (TPSA) is 15.3 Å². The largest absolute Gasteiger partial charge is 0.310 e. The lowest BCUT2D eigenvalue weighted by Gasteiger charge is -2.36. The molecule has 14 heavy (non-hydrogen) atoms. The quantitative estimate of drug-likeness (QED) is 0.731. The van der Waals surface area contributed by atoms with Crippen LogP contribution in [0.1, 0.15) is 40.5 Å². The van der Waals surface area contributed by atoms with Gasteiger partial charge in [0.15, 0.2) is 0 Å². The van der Waals surface area contributed by atoms with Crippen molar-refractivity contribution in [3.05, 3.63) is 0 Å². The van der Waals surface area contributed by atoms with E-state index in [1.54, 1.807) is 0 Å². The third-order valence-corrected chi connectivity index (χ3v) is 3.41. The third-order valence-electron chi connectivity index (χ3n) is 3.41. The Morgan fingerprint density at radius 2 is 2.00 bits per heavy atom. The first-order valence-electron chi connectivity index (χ1n) is 5.84. The second-order valence-electron chi connectivity index (χ2n) is 5.86. The summed E-state index contributed by atoms with van der Waals surface area (Å²) in [5.41, 5.74) is 0.371. The number of rotatable bonds is 2. The number of likely N-dealkylation sites (tertiary alicyclic amines) is 1. The van der Waals surface area contributed by atoms with Crippen molar-refractivity contribution in [3.63, 3.8) is 0 Å². The Balaban J connectivity index is 2.36. The molecule has 0 spiro atoms. The summed E-state index contributed by atoms with van der Waals surface area (Å²) >= 11 is 0. The second-order valence-corrected chi connectivity index (χ2v) is 5.86. The molecule has 0 saturated carbocycles. The van der Waals surface area contributed by atoms with E-state index in [1.807, 2.05) is 0 Å². The molecule has 1 rings (SSSR count). The van der Waals surface area contributed by atoms with Gasteiger partial charge in [-0.15, -0.1) is 0 Å². The summed E-state index contributed by atoms with van der Waals surface area (Å²) in [6.07, 6.45) is 2.68. The van der Waals surface area contributed by atoms with Gasteiger partial charge in [0.1, 0.15) is 0 Å². The molecule has 2 nitrogen and oxygen atoms in total. The predicted molar refractivity (Wildman–Crippen MR) is 62.6 cm³/mol. The van der Waals surface area contributed by atoms with Crippen LogP contribution >= 0.6 is 0 Å². The molecular formula is C12H26N2. The molecule has 2 atom stereocenters. The maximum atomic E-state index is 3.75. The van der Waals surface area contributed by atoms with Gasteiger partial charge >= 0.3 is 0 Å². The number of hydrogen-bond acceptors (Lipinski definition) is 2. The van der Waals surface area contributed by atoms with E-state index in [4.69, 9.17) is 0 Å². The van der Waals surface area contributed by atoms with Crippen LogP contribution in [-0.2, 0) is 0 Å². The van der Waals surface area contributed by atoms with Crippen LogP contribution < -0.4 is 5.32 Å². The molecule has 0 amide bonds. The number of nitrogens with zero attached hydrogens (tertiary/aromatic N) is 1. The molecule has 1 aliphatic heterocycles. The molecule has 1 heterocycles. The first-order valence-corrected chi connectivity index (χ1v) is 5.84. The van der Waals surface area contributed by atoms with Gasteiger partial charge in [-0.2, -0.15) is 0 Å². The summed E-state index contributed by atoms with van der Waals surface area (Å²) in [5.74, 6) is 0. The van der Waals surface area contributed by atoms with Crippen LogP contribution in [0.5, 0.6) is 0 Å². The zero-order valence-electron chi connectivity index (χ0n) is 10.4. The third kappa shape index (κ3) is 3.58. The van der Waals surface area contributed by atoms with Crippen LogP contribution in [0.15, 0.2) is 0 Å². The average molecular weight is 198 g/mol. The van der Waals surface area contributed by atoms with Gasteiger partial charge in [0.25, 0.3) is 0 Å². The molecule has 0 aromatic carbocycles. The van der Waals surface area contributed by atoms with Crippen LogP contribution in [0.3, 0.4) is 0 Å². The summed E-state index contributed by atoms with van der Waals surface area (Å²) in [5, 5.41) is 3.75. The van der Waals surface area contributed by atoms with E-state index in [0.717, 1.165) is 0 Å². The maximum Gasteiger partial charge on any atom is 0.0198 e. The number of nitrogens with one attached hydrogen (secondary N) is 1. The minimum Gasteiger partial charge on any atom is -0.310 e. The summed E-state index contributed by atoms with van der Waals surface area (Å²) in [4.78, 5) is 2.43. The number of likely N-dealkylation sites (N-methyl/N-ethyl adjacent to an activating group) is 1. The molecule has 1 saturated heterocycles. The molecule has 0 bridgehead atoms. The normalized spacial score (nSPS) is 27.6. The van der Waals surface area contributed by atoms with Crippen LogP contribution in [0.4, 0.5) is 0 Å². The minimum absolute atomic E-state index is 0.371. The molecular weight excluding hydrogens is 172 g/mol. The molecule has 0 aromatic rings. The van der Waals surface area contributed by atoms with Gasteiger partial charge in [-0.05, 0) is 38.8 Å². The predicted octanol–water partition coefficient (Wildman–Crippen LogP) is 2.10. The van der Waals surface area contributed by atoms with Gasteiger partial charge in [0, 0.05) is 18.6 Å². The highest BCUT2D eigenvalue weighted by Crippen LogP contribution is 2.20. The van der Waals surface area contributed by atoms with Crippen molar-refractivity contribution >= 4 is 0 Å². The van der Waals surface area contributed by atoms with Crippen molar-refractivity contribution in [1.82, 2.24) is 10.2 Å². The van der Waals surface area contributed by atoms with Crippen molar-refractivity contribution in [3.8, 4) is 0 Å². The van der Waals surface area contributed by atoms with E-state index in [2.05, 4.69) is 45.0 Å². The highest BCUT2D eigenvalue weighted by Gasteiger charge is 2.24. The summed E-state index contributed by atoms with van der Waals surface area (Å²) in [6, 6.07) is 1.29. The second kappa shape index (κ2) is 4.63. The van der Waals surface area contributed by atoms with Crippen molar-refractivity contribution < 1.29 is 0 Å². The zero-order valence-corrected chi connectivity index (χ0v) is 10.4. The first kappa shape index (κ1) is 12.0. The lowest BCUT2D eigenvalue weighted by Crippen LogP contribution is -2.50. The lowest BCUT2D eigenvalue weighted by atomic mass is 9.87. The van der Waals surface area contributed by atoms with Gasteiger partial charge in [0.05, 0.1) is 0 Å². The number of hydrogen-bond donors (Lipinski definition) is 1. The summed E-state index contributed by atoms with van der Waals surface area (Å²) < 4.78 is 0. The van der Waals surface area contributed by atoms with E-state index in [-0.39, 0.29) is 0 Å². The average Bonchev–Trinajstić information content (AvgIpc) is 2.02. The lowest BCUT2D eigenvalue weighted by molar-refractivity contribution is 0.186. The van der Waals surface area contributed by atoms with E-state index in [0.29, 0.717) is 17.5 Å². The Bertz CT molecular complexity index is 172. The smallest absolute Gasteiger partial charge is 0.0198 e.